The first kappa shape index (κ1) is 12.3. The van der Waals surface area contributed by atoms with Crippen LogP contribution in [0.2, 0.25) is 0 Å². The van der Waals surface area contributed by atoms with Crippen LogP contribution in [0.1, 0.15) is 5.56 Å². The van der Waals surface area contributed by atoms with E-state index in [2.05, 4.69) is 25.6 Å². The predicted molar refractivity (Wildman–Crippen MR) is 62.7 cm³/mol. The molecule has 9 heteroatoms. The molecule has 20 heavy (non-hydrogen) atoms. The van der Waals surface area contributed by atoms with Crippen LogP contribution in [0.4, 0.5) is 13.2 Å². The molecule has 1 aromatic carbocycles. The highest BCUT2D eigenvalue weighted by molar-refractivity contribution is 5.85. The average molecular weight is 281 g/mol. The van der Waals surface area contributed by atoms with E-state index >= 15 is 0 Å². The smallest absolute Gasteiger partial charge is 0.360 e. The fourth-order valence-corrected chi connectivity index (χ4v) is 1.93. The number of benzene rings is 1. The summed E-state index contributed by atoms with van der Waals surface area (Å²) in [6.07, 6.45) is -3.40. The molecule has 0 unspecified atom stereocenters. The standard InChI is InChI=1S/C11H6F3N5O/c12-11(13,14)7-3-1-2-5-8(7)15-4-6(9(5)20)10-16-18-19-17-10/h1-4H,(H,15,20)(H,16,17,18,19). The van der Waals surface area contributed by atoms with Gasteiger partial charge in [-0.15, -0.1) is 10.2 Å². The monoisotopic (exact) mass is 281 g/mol. The van der Waals surface area contributed by atoms with E-state index in [4.69, 9.17) is 0 Å². The van der Waals surface area contributed by atoms with Crippen LogP contribution in [-0.4, -0.2) is 25.6 Å². The second kappa shape index (κ2) is 4.15. The second-order valence-corrected chi connectivity index (χ2v) is 3.99. The van der Waals surface area contributed by atoms with Crippen molar-refractivity contribution in [2.45, 2.75) is 6.18 Å². The van der Waals surface area contributed by atoms with Gasteiger partial charge in [0.25, 0.3) is 0 Å². The predicted octanol–water partition coefficient (Wildman–Crippen LogP) is 1.73. The van der Waals surface area contributed by atoms with E-state index in [1.807, 2.05) is 0 Å². The molecule has 0 bridgehead atoms. The zero-order chi connectivity index (χ0) is 14.3. The van der Waals surface area contributed by atoms with Gasteiger partial charge in [-0.3, -0.25) is 4.79 Å². The maximum Gasteiger partial charge on any atom is 0.418 e. The first-order chi connectivity index (χ1) is 9.48. The Morgan fingerprint density at radius 3 is 2.65 bits per heavy atom. The Hall–Kier alpha value is -2.71. The summed E-state index contributed by atoms with van der Waals surface area (Å²) in [7, 11) is 0. The third-order valence-corrected chi connectivity index (χ3v) is 2.81. The van der Waals surface area contributed by atoms with Crippen molar-refractivity contribution in [3.8, 4) is 11.4 Å². The Bertz CT molecular complexity index is 822. The zero-order valence-electron chi connectivity index (χ0n) is 9.69. The fourth-order valence-electron chi connectivity index (χ4n) is 1.93. The van der Waals surface area contributed by atoms with Gasteiger partial charge in [0, 0.05) is 11.6 Å². The average Bonchev–Trinajstić information content (AvgIpc) is 2.91. The van der Waals surface area contributed by atoms with Gasteiger partial charge >= 0.3 is 6.18 Å². The van der Waals surface area contributed by atoms with Crippen molar-refractivity contribution >= 4 is 10.9 Å². The molecule has 102 valence electrons. The molecular formula is C11H6F3N5O. The Morgan fingerprint density at radius 2 is 2.00 bits per heavy atom. The van der Waals surface area contributed by atoms with Gasteiger partial charge in [0.05, 0.1) is 16.6 Å². The van der Waals surface area contributed by atoms with Crippen LogP contribution in [-0.2, 0) is 6.18 Å². The molecular weight excluding hydrogens is 275 g/mol. The summed E-state index contributed by atoms with van der Waals surface area (Å²) in [4.78, 5) is 14.7. The lowest BCUT2D eigenvalue weighted by atomic mass is 10.1. The minimum Gasteiger partial charge on any atom is -0.360 e. The minimum atomic E-state index is -4.55. The molecule has 2 N–H and O–H groups in total. The van der Waals surface area contributed by atoms with Crippen LogP contribution in [0, 0.1) is 0 Å². The normalized spacial score (nSPS) is 11.9. The number of para-hydroxylation sites is 1. The van der Waals surface area contributed by atoms with E-state index < -0.39 is 17.2 Å². The van der Waals surface area contributed by atoms with E-state index in [0.717, 1.165) is 12.3 Å². The SMILES string of the molecule is O=c1c(-c2nn[nH]n2)c[nH]c2c(C(F)(F)F)cccc12. The van der Waals surface area contributed by atoms with Gasteiger partial charge in [0.2, 0.25) is 11.3 Å². The van der Waals surface area contributed by atoms with Crippen LogP contribution in [0.3, 0.4) is 0 Å². The molecule has 3 aromatic rings. The molecule has 3 rings (SSSR count). The first-order valence-electron chi connectivity index (χ1n) is 5.44. The molecule has 0 aliphatic heterocycles. The number of pyridine rings is 1. The zero-order valence-corrected chi connectivity index (χ0v) is 9.69. The third kappa shape index (κ3) is 1.83. The molecule has 0 atom stereocenters. The maximum absolute atomic E-state index is 12.9. The van der Waals surface area contributed by atoms with Crippen LogP contribution in [0.5, 0.6) is 0 Å². The van der Waals surface area contributed by atoms with Gasteiger partial charge in [-0.2, -0.15) is 18.4 Å². The van der Waals surface area contributed by atoms with Gasteiger partial charge in [0.1, 0.15) is 0 Å². The highest BCUT2D eigenvalue weighted by Gasteiger charge is 2.33. The van der Waals surface area contributed by atoms with E-state index in [-0.39, 0.29) is 22.3 Å². The molecule has 6 nitrogen and oxygen atoms in total. The van der Waals surface area contributed by atoms with Crippen molar-refractivity contribution in [2.24, 2.45) is 0 Å². The van der Waals surface area contributed by atoms with Crippen molar-refractivity contribution in [2.75, 3.05) is 0 Å². The summed E-state index contributed by atoms with van der Waals surface area (Å²) in [5.41, 5.74) is -1.71. The highest BCUT2D eigenvalue weighted by atomic mass is 19.4. The van der Waals surface area contributed by atoms with Gasteiger partial charge < -0.3 is 4.98 Å². The van der Waals surface area contributed by atoms with E-state index in [9.17, 15) is 18.0 Å². The topological polar surface area (TPSA) is 87.3 Å². The summed E-state index contributed by atoms with van der Waals surface area (Å²) >= 11 is 0. The van der Waals surface area contributed by atoms with Gasteiger partial charge in [0.15, 0.2) is 0 Å². The Morgan fingerprint density at radius 1 is 1.20 bits per heavy atom. The molecule has 2 aromatic heterocycles. The van der Waals surface area contributed by atoms with Gasteiger partial charge in [-0.1, -0.05) is 6.07 Å². The number of hydrogen-bond donors (Lipinski definition) is 2. The number of aromatic amines is 2. The minimum absolute atomic E-state index is 0.0190. The third-order valence-electron chi connectivity index (χ3n) is 2.81. The van der Waals surface area contributed by atoms with Crippen LogP contribution < -0.4 is 5.43 Å². The quantitative estimate of drug-likeness (QED) is 0.711. The lowest BCUT2D eigenvalue weighted by molar-refractivity contribution is -0.136. The lowest BCUT2D eigenvalue weighted by Crippen LogP contribution is -2.12. The number of nitrogens with zero attached hydrogens (tertiary/aromatic N) is 3. The number of nitrogens with one attached hydrogen (secondary N) is 2. The number of fused-ring (bicyclic) bond motifs is 1. The van der Waals surface area contributed by atoms with Crippen molar-refractivity contribution in [1.29, 1.82) is 0 Å². The number of alkyl halides is 3. The van der Waals surface area contributed by atoms with Gasteiger partial charge in [-0.25, -0.2) is 0 Å². The molecule has 2 heterocycles. The van der Waals surface area contributed by atoms with Crippen LogP contribution in [0.25, 0.3) is 22.3 Å². The summed E-state index contributed by atoms with van der Waals surface area (Å²) in [6.45, 7) is 0. The van der Waals surface area contributed by atoms with E-state index in [1.165, 1.54) is 12.1 Å². The summed E-state index contributed by atoms with van der Waals surface area (Å²) < 4.78 is 38.6. The number of aromatic nitrogens is 5. The molecule has 0 radical (unpaired) electrons. The summed E-state index contributed by atoms with van der Waals surface area (Å²) in [6, 6.07) is 3.40. The molecule has 0 amide bonds. The first-order valence-corrected chi connectivity index (χ1v) is 5.44. The molecule has 0 aliphatic carbocycles. The maximum atomic E-state index is 12.9. The van der Waals surface area contributed by atoms with Crippen molar-refractivity contribution < 1.29 is 13.2 Å². The number of halogens is 3. The van der Waals surface area contributed by atoms with Crippen molar-refractivity contribution in [3.05, 3.63) is 40.2 Å². The van der Waals surface area contributed by atoms with Crippen molar-refractivity contribution in [1.82, 2.24) is 25.6 Å². The molecule has 0 saturated heterocycles. The molecule has 0 aliphatic rings. The van der Waals surface area contributed by atoms with E-state index in [1.54, 1.807) is 0 Å². The highest BCUT2D eigenvalue weighted by Crippen LogP contribution is 2.33. The fraction of sp³-hybridized carbons (Fsp3) is 0.0909. The van der Waals surface area contributed by atoms with Crippen molar-refractivity contribution in [3.63, 3.8) is 0 Å². The Labute approximate surface area is 108 Å². The Kier molecular flexibility index (Phi) is 2.56. The number of tetrazole rings is 1. The summed E-state index contributed by atoms with van der Waals surface area (Å²) in [5.74, 6) is 0.0190. The van der Waals surface area contributed by atoms with E-state index in [0.29, 0.717) is 0 Å². The number of H-pyrrole nitrogens is 2. The molecule has 0 spiro atoms. The largest absolute Gasteiger partial charge is 0.418 e. The molecule has 0 fully saturated rings. The van der Waals surface area contributed by atoms with Crippen LogP contribution in [0.15, 0.2) is 29.2 Å². The number of rotatable bonds is 1. The number of hydrogen-bond acceptors (Lipinski definition) is 4. The summed E-state index contributed by atoms with van der Waals surface area (Å²) in [5, 5.41) is 12.7. The van der Waals surface area contributed by atoms with Crippen LogP contribution >= 0.6 is 0 Å². The second-order valence-electron chi connectivity index (χ2n) is 3.99. The molecule has 0 saturated carbocycles. The Balaban J connectivity index is 2.34. The lowest BCUT2D eigenvalue weighted by Gasteiger charge is -2.10. The van der Waals surface area contributed by atoms with Gasteiger partial charge in [-0.05, 0) is 17.3 Å².